The molecule has 0 unspecified atom stereocenters. The van der Waals surface area contributed by atoms with Gasteiger partial charge in [0.1, 0.15) is 5.69 Å². The molecule has 2 rings (SSSR count). The number of nitrogens with zero attached hydrogens (tertiary/aromatic N) is 2. The number of nitrogens with one attached hydrogen (secondary N) is 2. The third-order valence-electron chi connectivity index (χ3n) is 2.65. The molecule has 0 aromatic carbocycles. The topological polar surface area (TPSA) is 62.7 Å². The summed E-state index contributed by atoms with van der Waals surface area (Å²) >= 11 is 0. The molecular weight excluding hydrogens is 254 g/mol. The average Bonchev–Trinajstić information content (AvgIpc) is 2.97. The van der Waals surface area contributed by atoms with E-state index in [4.69, 9.17) is 0 Å². The number of hydrogen-bond donors (Lipinski definition) is 2. The Morgan fingerprint density at radius 3 is 3.00 bits per heavy atom. The quantitative estimate of drug-likeness (QED) is 0.874. The van der Waals surface area contributed by atoms with Crippen LogP contribution in [0.1, 0.15) is 23.1 Å². The monoisotopic (exact) mass is 268 g/mol. The van der Waals surface area contributed by atoms with Gasteiger partial charge in [0.2, 0.25) is 0 Å². The maximum absolute atomic E-state index is 12.3. The maximum Gasteiger partial charge on any atom is 0.273 e. The van der Waals surface area contributed by atoms with Crippen LogP contribution in [0.25, 0.3) is 0 Å². The van der Waals surface area contributed by atoms with Crippen LogP contribution in [0.15, 0.2) is 24.4 Å². The van der Waals surface area contributed by atoms with Crippen LogP contribution in [0.5, 0.6) is 0 Å². The molecule has 0 radical (unpaired) electrons. The lowest BCUT2D eigenvalue weighted by Crippen LogP contribution is -2.19. The Morgan fingerprint density at radius 2 is 2.37 bits per heavy atom. The fourth-order valence-corrected chi connectivity index (χ4v) is 1.72. The maximum atomic E-state index is 12.3. The van der Waals surface area contributed by atoms with Crippen molar-refractivity contribution in [1.82, 2.24) is 14.8 Å². The van der Waals surface area contributed by atoms with Crippen molar-refractivity contribution in [2.45, 2.75) is 26.3 Å². The van der Waals surface area contributed by atoms with E-state index in [2.05, 4.69) is 15.5 Å². The van der Waals surface area contributed by atoms with Gasteiger partial charge in [0.15, 0.2) is 5.82 Å². The van der Waals surface area contributed by atoms with Gasteiger partial charge in [-0.2, -0.15) is 5.10 Å². The van der Waals surface area contributed by atoms with Gasteiger partial charge in [0.05, 0.1) is 6.54 Å². The van der Waals surface area contributed by atoms with Crippen LogP contribution >= 0.6 is 0 Å². The molecule has 7 heteroatoms. The molecule has 1 amide bonds. The number of alkyl halides is 2. The number of rotatable bonds is 5. The first kappa shape index (κ1) is 13.3. The summed E-state index contributed by atoms with van der Waals surface area (Å²) in [5.41, 5.74) is 1.07. The molecule has 0 atom stereocenters. The Morgan fingerprint density at radius 1 is 1.58 bits per heavy atom. The second-order valence-corrected chi connectivity index (χ2v) is 4.02. The molecule has 5 nitrogen and oxygen atoms in total. The first-order valence-corrected chi connectivity index (χ1v) is 5.89. The minimum atomic E-state index is -2.50. The molecule has 0 saturated heterocycles. The molecule has 0 aliphatic carbocycles. The molecule has 2 aromatic rings. The summed E-state index contributed by atoms with van der Waals surface area (Å²) in [7, 11) is 0. The first-order chi connectivity index (χ1) is 9.10. The predicted octanol–water partition coefficient (Wildman–Crippen LogP) is 2.29. The zero-order valence-corrected chi connectivity index (χ0v) is 10.4. The van der Waals surface area contributed by atoms with Crippen molar-refractivity contribution >= 4 is 11.7 Å². The van der Waals surface area contributed by atoms with Gasteiger partial charge in [-0.3, -0.25) is 9.89 Å². The molecule has 0 bridgehead atoms. The summed E-state index contributed by atoms with van der Waals surface area (Å²) in [6.07, 6.45) is -0.288. The van der Waals surface area contributed by atoms with Crippen molar-refractivity contribution in [1.29, 1.82) is 0 Å². The lowest BCUT2D eigenvalue weighted by molar-refractivity contribution is 0.0997. The summed E-state index contributed by atoms with van der Waals surface area (Å²) in [5, 5.41) is 9.24. The number of carbonyl (C=O) groups excluding carboxylic acids is 1. The average molecular weight is 268 g/mol. The number of halogens is 2. The van der Waals surface area contributed by atoms with Gasteiger partial charge in [0, 0.05) is 18.0 Å². The second-order valence-electron chi connectivity index (χ2n) is 4.02. The highest BCUT2D eigenvalue weighted by atomic mass is 19.3. The zero-order valence-electron chi connectivity index (χ0n) is 10.4. The van der Waals surface area contributed by atoms with Crippen molar-refractivity contribution in [3.8, 4) is 0 Å². The van der Waals surface area contributed by atoms with Gasteiger partial charge in [-0.05, 0) is 18.6 Å². The SMILES string of the molecule is CCc1cc(NC(=O)c2cccn2CC(F)F)n[nH]1. The van der Waals surface area contributed by atoms with E-state index in [1.807, 2.05) is 6.92 Å². The number of amides is 1. The van der Waals surface area contributed by atoms with Gasteiger partial charge in [-0.15, -0.1) is 0 Å². The van der Waals surface area contributed by atoms with Crippen LogP contribution in [0, 0.1) is 0 Å². The summed E-state index contributed by atoms with van der Waals surface area (Å²) in [5.74, 6) is -0.0774. The van der Waals surface area contributed by atoms with Crippen LogP contribution in [0.4, 0.5) is 14.6 Å². The van der Waals surface area contributed by atoms with Crippen LogP contribution in [-0.4, -0.2) is 27.1 Å². The van der Waals surface area contributed by atoms with E-state index in [-0.39, 0.29) is 5.69 Å². The van der Waals surface area contributed by atoms with Crippen molar-refractivity contribution in [3.05, 3.63) is 35.8 Å². The summed E-state index contributed by atoms with van der Waals surface area (Å²) < 4.78 is 25.9. The van der Waals surface area contributed by atoms with Crippen LogP contribution < -0.4 is 5.32 Å². The number of H-pyrrole nitrogens is 1. The highest BCUT2D eigenvalue weighted by Crippen LogP contribution is 2.11. The molecule has 2 aromatic heterocycles. The van der Waals surface area contributed by atoms with Crippen molar-refractivity contribution < 1.29 is 13.6 Å². The van der Waals surface area contributed by atoms with Crippen LogP contribution in [0.2, 0.25) is 0 Å². The van der Waals surface area contributed by atoms with E-state index in [0.29, 0.717) is 5.82 Å². The molecule has 0 fully saturated rings. The standard InChI is InChI=1S/C12H14F2N4O/c1-2-8-6-11(17-16-8)15-12(19)9-4-3-5-18(9)7-10(13)14/h3-6,10H,2,7H2,1H3,(H2,15,16,17,19). The van der Waals surface area contributed by atoms with Gasteiger partial charge in [-0.1, -0.05) is 6.92 Å². The minimum Gasteiger partial charge on any atom is -0.338 e. The molecule has 102 valence electrons. The molecule has 0 aliphatic heterocycles. The molecule has 0 saturated carbocycles. The molecule has 0 aliphatic rings. The van der Waals surface area contributed by atoms with Crippen molar-refractivity contribution in [2.75, 3.05) is 5.32 Å². The highest BCUT2D eigenvalue weighted by Gasteiger charge is 2.14. The largest absolute Gasteiger partial charge is 0.338 e. The van der Waals surface area contributed by atoms with Crippen molar-refractivity contribution in [3.63, 3.8) is 0 Å². The van der Waals surface area contributed by atoms with Gasteiger partial charge in [0.25, 0.3) is 12.3 Å². The molecule has 19 heavy (non-hydrogen) atoms. The summed E-state index contributed by atoms with van der Waals surface area (Å²) in [6.45, 7) is 1.45. The van der Waals surface area contributed by atoms with Gasteiger partial charge >= 0.3 is 0 Å². The molecular formula is C12H14F2N4O. The predicted molar refractivity (Wildman–Crippen MR) is 66.4 cm³/mol. The lowest BCUT2D eigenvalue weighted by atomic mass is 10.3. The van der Waals surface area contributed by atoms with E-state index >= 15 is 0 Å². The fraction of sp³-hybridized carbons (Fsp3) is 0.333. The Bertz CT molecular complexity index is 562. The van der Waals surface area contributed by atoms with Crippen LogP contribution in [0.3, 0.4) is 0 Å². The van der Waals surface area contributed by atoms with E-state index in [9.17, 15) is 13.6 Å². The molecule has 2 heterocycles. The van der Waals surface area contributed by atoms with Gasteiger partial charge < -0.3 is 9.88 Å². The summed E-state index contributed by atoms with van der Waals surface area (Å²) in [4.78, 5) is 11.9. The Labute approximate surface area is 108 Å². The Hall–Kier alpha value is -2.18. The number of hydrogen-bond acceptors (Lipinski definition) is 2. The van der Waals surface area contributed by atoms with E-state index in [0.717, 1.165) is 12.1 Å². The second kappa shape index (κ2) is 5.64. The number of aromatic nitrogens is 3. The number of anilines is 1. The normalized spacial score (nSPS) is 10.9. The van der Waals surface area contributed by atoms with E-state index < -0.39 is 18.9 Å². The third-order valence-corrected chi connectivity index (χ3v) is 2.65. The third kappa shape index (κ3) is 3.18. The Kier molecular flexibility index (Phi) is 3.94. The highest BCUT2D eigenvalue weighted by molar-refractivity contribution is 6.02. The fourth-order valence-electron chi connectivity index (χ4n) is 1.72. The smallest absolute Gasteiger partial charge is 0.273 e. The van der Waals surface area contributed by atoms with Gasteiger partial charge in [-0.25, -0.2) is 8.78 Å². The minimum absolute atomic E-state index is 0.182. The molecule has 2 N–H and O–H groups in total. The van der Waals surface area contributed by atoms with E-state index in [1.54, 1.807) is 12.1 Å². The Balaban J connectivity index is 2.09. The number of aryl methyl sites for hydroxylation is 1. The van der Waals surface area contributed by atoms with Crippen LogP contribution in [-0.2, 0) is 13.0 Å². The molecule has 0 spiro atoms. The summed E-state index contributed by atoms with van der Waals surface area (Å²) in [6, 6.07) is 4.75. The number of aromatic amines is 1. The first-order valence-electron chi connectivity index (χ1n) is 5.89. The lowest BCUT2D eigenvalue weighted by Gasteiger charge is -2.07. The van der Waals surface area contributed by atoms with E-state index in [1.165, 1.54) is 16.8 Å². The van der Waals surface area contributed by atoms with Crippen molar-refractivity contribution in [2.24, 2.45) is 0 Å². The number of carbonyl (C=O) groups is 1. The zero-order chi connectivity index (χ0) is 13.8.